The molecule has 28 heavy (non-hydrogen) atoms. The van der Waals surface area contributed by atoms with Crippen LogP contribution in [0, 0.1) is 3.57 Å². The van der Waals surface area contributed by atoms with Gasteiger partial charge in [0.2, 0.25) is 5.91 Å². The van der Waals surface area contributed by atoms with Crippen molar-refractivity contribution in [2.24, 2.45) is 0 Å². The molecule has 1 heterocycles. The highest BCUT2D eigenvalue weighted by molar-refractivity contribution is 14.1. The first-order valence-corrected chi connectivity index (χ1v) is 10.3. The van der Waals surface area contributed by atoms with E-state index in [2.05, 4.69) is 33.2 Å². The summed E-state index contributed by atoms with van der Waals surface area (Å²) in [4.78, 5) is 38.8. The van der Waals surface area contributed by atoms with Crippen LogP contribution in [0.5, 0.6) is 0 Å². The zero-order chi connectivity index (χ0) is 19.9. The van der Waals surface area contributed by atoms with Gasteiger partial charge in [-0.2, -0.15) is 0 Å². The molecule has 0 atom stereocenters. The molecule has 146 valence electrons. The first kappa shape index (κ1) is 20.3. The SMILES string of the molecule is O=C(CNC(=O)c1ccccc1I)Nc1cccc(C(=O)N2CCCCC2)c1. The van der Waals surface area contributed by atoms with Gasteiger partial charge in [0, 0.05) is 27.9 Å². The Morgan fingerprint density at radius 2 is 1.71 bits per heavy atom. The second kappa shape index (κ2) is 9.68. The Hall–Kier alpha value is -2.42. The summed E-state index contributed by atoms with van der Waals surface area (Å²) in [5.41, 5.74) is 1.63. The van der Waals surface area contributed by atoms with Crippen molar-refractivity contribution in [1.82, 2.24) is 10.2 Å². The molecule has 2 aromatic rings. The van der Waals surface area contributed by atoms with Crippen LogP contribution in [0.1, 0.15) is 40.0 Å². The van der Waals surface area contributed by atoms with Crippen LogP contribution in [-0.4, -0.2) is 42.3 Å². The molecule has 0 saturated carbocycles. The molecule has 7 heteroatoms. The summed E-state index contributed by atoms with van der Waals surface area (Å²) in [5.74, 6) is -0.654. The van der Waals surface area contributed by atoms with Gasteiger partial charge in [0.15, 0.2) is 0 Å². The van der Waals surface area contributed by atoms with Crippen molar-refractivity contribution in [2.45, 2.75) is 19.3 Å². The Balaban J connectivity index is 1.56. The van der Waals surface area contributed by atoms with Crippen LogP contribution < -0.4 is 10.6 Å². The fourth-order valence-corrected chi connectivity index (χ4v) is 3.75. The van der Waals surface area contributed by atoms with Gasteiger partial charge in [-0.3, -0.25) is 14.4 Å². The number of hydrogen-bond acceptors (Lipinski definition) is 3. The quantitative estimate of drug-likeness (QED) is 0.631. The van der Waals surface area contributed by atoms with Gasteiger partial charge in [0.05, 0.1) is 12.1 Å². The van der Waals surface area contributed by atoms with Crippen molar-refractivity contribution in [3.63, 3.8) is 0 Å². The number of carbonyl (C=O) groups excluding carboxylic acids is 3. The van der Waals surface area contributed by atoms with E-state index in [9.17, 15) is 14.4 Å². The smallest absolute Gasteiger partial charge is 0.253 e. The summed E-state index contributed by atoms with van der Waals surface area (Å²) in [6.07, 6.45) is 3.22. The number of carbonyl (C=O) groups is 3. The first-order valence-electron chi connectivity index (χ1n) is 9.26. The molecule has 2 aromatic carbocycles. The summed E-state index contributed by atoms with van der Waals surface area (Å²) >= 11 is 2.08. The van der Waals surface area contributed by atoms with Crippen molar-refractivity contribution >= 4 is 46.0 Å². The monoisotopic (exact) mass is 491 g/mol. The lowest BCUT2D eigenvalue weighted by molar-refractivity contribution is -0.115. The summed E-state index contributed by atoms with van der Waals surface area (Å²) in [6.45, 7) is 1.41. The highest BCUT2D eigenvalue weighted by Crippen LogP contribution is 2.16. The van der Waals surface area contributed by atoms with Crippen LogP contribution in [0.25, 0.3) is 0 Å². The molecule has 0 aromatic heterocycles. The summed E-state index contributed by atoms with van der Waals surface area (Å²) in [7, 11) is 0. The molecule has 3 amide bonds. The summed E-state index contributed by atoms with van der Waals surface area (Å²) in [6, 6.07) is 14.1. The topological polar surface area (TPSA) is 78.5 Å². The van der Waals surface area contributed by atoms with E-state index in [1.165, 1.54) is 0 Å². The average molecular weight is 491 g/mol. The lowest BCUT2D eigenvalue weighted by atomic mass is 10.1. The Kier molecular flexibility index (Phi) is 7.02. The minimum absolute atomic E-state index is 0.0113. The fraction of sp³-hybridized carbons (Fsp3) is 0.286. The number of anilines is 1. The third-order valence-electron chi connectivity index (χ3n) is 4.56. The average Bonchev–Trinajstić information content (AvgIpc) is 2.72. The molecular weight excluding hydrogens is 469 g/mol. The molecule has 0 bridgehead atoms. The number of amides is 3. The van der Waals surface area contributed by atoms with Crippen molar-refractivity contribution < 1.29 is 14.4 Å². The molecule has 0 radical (unpaired) electrons. The first-order chi connectivity index (χ1) is 13.5. The third-order valence-corrected chi connectivity index (χ3v) is 5.51. The number of benzene rings is 2. The molecule has 0 spiro atoms. The van der Waals surface area contributed by atoms with E-state index in [1.807, 2.05) is 17.0 Å². The normalized spacial score (nSPS) is 13.7. The van der Waals surface area contributed by atoms with Crippen molar-refractivity contribution in [3.05, 3.63) is 63.2 Å². The molecule has 0 unspecified atom stereocenters. The second-order valence-electron chi connectivity index (χ2n) is 6.64. The number of hydrogen-bond donors (Lipinski definition) is 2. The lowest BCUT2D eigenvalue weighted by Crippen LogP contribution is -2.35. The second-order valence-corrected chi connectivity index (χ2v) is 7.81. The molecule has 1 fully saturated rings. The number of likely N-dealkylation sites (tertiary alicyclic amines) is 1. The van der Waals surface area contributed by atoms with Gasteiger partial charge >= 0.3 is 0 Å². The molecular formula is C21H22IN3O3. The zero-order valence-electron chi connectivity index (χ0n) is 15.4. The fourth-order valence-electron chi connectivity index (χ4n) is 3.12. The maximum atomic E-state index is 12.6. The summed E-state index contributed by atoms with van der Waals surface area (Å²) in [5, 5.41) is 5.35. The van der Waals surface area contributed by atoms with Crippen LogP contribution in [-0.2, 0) is 4.79 Å². The molecule has 0 aliphatic carbocycles. The van der Waals surface area contributed by atoms with Crippen LogP contribution >= 0.6 is 22.6 Å². The van der Waals surface area contributed by atoms with Gasteiger partial charge in [-0.05, 0) is 72.2 Å². The number of halogens is 1. The Morgan fingerprint density at radius 3 is 2.46 bits per heavy atom. The van der Waals surface area contributed by atoms with E-state index >= 15 is 0 Å². The van der Waals surface area contributed by atoms with Gasteiger partial charge in [0.25, 0.3) is 11.8 Å². The molecule has 1 aliphatic rings. The number of nitrogens with zero attached hydrogens (tertiary/aromatic N) is 1. The Labute approximate surface area is 177 Å². The highest BCUT2D eigenvalue weighted by atomic mass is 127. The maximum absolute atomic E-state index is 12.6. The van der Waals surface area contributed by atoms with E-state index in [0.29, 0.717) is 16.8 Å². The standard InChI is InChI=1S/C21H22IN3O3/c22-18-10-3-2-9-17(18)20(27)23-14-19(26)24-16-8-6-7-15(13-16)21(28)25-11-4-1-5-12-25/h2-3,6-10,13H,1,4-5,11-12,14H2,(H,23,27)(H,24,26). The van der Waals surface area contributed by atoms with Crippen LogP contribution in [0.4, 0.5) is 5.69 Å². The predicted octanol–water partition coefficient (Wildman–Crippen LogP) is 3.29. The third kappa shape index (κ3) is 5.31. The van der Waals surface area contributed by atoms with E-state index in [0.717, 1.165) is 35.9 Å². The van der Waals surface area contributed by atoms with Gasteiger partial charge < -0.3 is 15.5 Å². The minimum Gasteiger partial charge on any atom is -0.343 e. The van der Waals surface area contributed by atoms with Crippen molar-refractivity contribution in [2.75, 3.05) is 25.0 Å². The van der Waals surface area contributed by atoms with E-state index in [1.54, 1.807) is 36.4 Å². The van der Waals surface area contributed by atoms with Crippen LogP contribution in [0.15, 0.2) is 48.5 Å². The molecule has 2 N–H and O–H groups in total. The van der Waals surface area contributed by atoms with E-state index in [-0.39, 0.29) is 24.3 Å². The number of piperidine rings is 1. The number of rotatable bonds is 5. The van der Waals surface area contributed by atoms with Gasteiger partial charge in [-0.25, -0.2) is 0 Å². The summed E-state index contributed by atoms with van der Waals surface area (Å²) < 4.78 is 0.821. The van der Waals surface area contributed by atoms with E-state index in [4.69, 9.17) is 0 Å². The molecule has 3 rings (SSSR count). The van der Waals surface area contributed by atoms with E-state index < -0.39 is 0 Å². The van der Waals surface area contributed by atoms with Crippen LogP contribution in [0.3, 0.4) is 0 Å². The molecule has 1 saturated heterocycles. The Bertz CT molecular complexity index is 879. The molecule has 6 nitrogen and oxygen atoms in total. The van der Waals surface area contributed by atoms with Gasteiger partial charge in [0.1, 0.15) is 0 Å². The van der Waals surface area contributed by atoms with Crippen LogP contribution in [0.2, 0.25) is 0 Å². The number of nitrogens with one attached hydrogen (secondary N) is 2. The minimum atomic E-state index is -0.345. The largest absolute Gasteiger partial charge is 0.343 e. The van der Waals surface area contributed by atoms with Gasteiger partial charge in [-0.1, -0.05) is 18.2 Å². The van der Waals surface area contributed by atoms with Crippen molar-refractivity contribution in [1.29, 1.82) is 0 Å². The Morgan fingerprint density at radius 1 is 0.964 bits per heavy atom. The predicted molar refractivity (Wildman–Crippen MR) is 116 cm³/mol. The zero-order valence-corrected chi connectivity index (χ0v) is 17.6. The highest BCUT2D eigenvalue weighted by Gasteiger charge is 2.18. The van der Waals surface area contributed by atoms with Crippen molar-refractivity contribution in [3.8, 4) is 0 Å². The van der Waals surface area contributed by atoms with Gasteiger partial charge in [-0.15, -0.1) is 0 Å². The lowest BCUT2D eigenvalue weighted by Gasteiger charge is -2.26. The maximum Gasteiger partial charge on any atom is 0.253 e. The molecule has 1 aliphatic heterocycles.